The molecule has 0 aromatic carbocycles. The summed E-state index contributed by atoms with van der Waals surface area (Å²) in [5, 5.41) is 4.01. The summed E-state index contributed by atoms with van der Waals surface area (Å²) >= 11 is 8.14. The van der Waals surface area contributed by atoms with Crippen molar-refractivity contribution >= 4 is 33.2 Å². The van der Waals surface area contributed by atoms with Crippen LogP contribution in [0.15, 0.2) is 18.3 Å². The zero-order chi connectivity index (χ0) is 11.1. The third-order valence-corrected chi connectivity index (χ3v) is 2.69. The van der Waals surface area contributed by atoms with E-state index in [4.69, 9.17) is 11.6 Å². The highest BCUT2D eigenvalue weighted by atomic mass is 79.9. The highest BCUT2D eigenvalue weighted by Gasteiger charge is 2.34. The average Bonchev–Trinajstić information content (AvgIpc) is 2.59. The summed E-state index contributed by atoms with van der Waals surface area (Å²) in [4.78, 5) is 0. The molecular formula is C8H5BrClF2N3. The van der Waals surface area contributed by atoms with Gasteiger partial charge in [-0.2, -0.15) is 8.78 Å². The molecule has 0 bridgehead atoms. The number of fused-ring (bicyclic) bond motifs is 1. The van der Waals surface area contributed by atoms with Gasteiger partial charge in [0.1, 0.15) is 0 Å². The smallest absolute Gasteiger partial charge is 0.280 e. The van der Waals surface area contributed by atoms with Gasteiger partial charge in [-0.1, -0.05) is 22.0 Å². The van der Waals surface area contributed by atoms with Gasteiger partial charge in [-0.05, 0) is 23.2 Å². The Morgan fingerprint density at radius 1 is 1.40 bits per heavy atom. The van der Waals surface area contributed by atoms with Crippen LogP contribution in [0.5, 0.6) is 0 Å². The van der Waals surface area contributed by atoms with Gasteiger partial charge in [0.2, 0.25) is 5.82 Å². The molecule has 0 saturated heterocycles. The summed E-state index contributed by atoms with van der Waals surface area (Å²) in [5.41, 5.74) is 1.18. The number of hydrogen-bond donors (Lipinski definition) is 0. The first-order valence-corrected chi connectivity index (χ1v) is 5.49. The lowest BCUT2D eigenvalue weighted by Crippen LogP contribution is -2.09. The molecule has 2 heterocycles. The maximum atomic E-state index is 12.9. The third-order valence-electron chi connectivity index (χ3n) is 1.87. The second kappa shape index (κ2) is 3.68. The van der Waals surface area contributed by atoms with Gasteiger partial charge < -0.3 is 0 Å². The fourth-order valence-electron chi connectivity index (χ4n) is 1.21. The molecule has 0 aliphatic rings. The van der Waals surface area contributed by atoms with E-state index in [0.29, 0.717) is 11.0 Å². The van der Waals surface area contributed by atoms with E-state index < -0.39 is 11.2 Å². The van der Waals surface area contributed by atoms with Crippen molar-refractivity contribution in [3.8, 4) is 0 Å². The van der Waals surface area contributed by atoms with Crippen LogP contribution in [0.2, 0.25) is 0 Å². The maximum absolute atomic E-state index is 12.9. The van der Waals surface area contributed by atoms with E-state index in [1.807, 2.05) is 0 Å². The van der Waals surface area contributed by atoms with Crippen LogP contribution in [0, 0.1) is 0 Å². The molecule has 15 heavy (non-hydrogen) atoms. The van der Waals surface area contributed by atoms with Crippen molar-refractivity contribution in [2.45, 2.75) is 10.7 Å². The molecule has 0 saturated carbocycles. The van der Waals surface area contributed by atoms with Gasteiger partial charge in [-0.3, -0.25) is 4.40 Å². The highest BCUT2D eigenvalue weighted by Crippen LogP contribution is 2.31. The van der Waals surface area contributed by atoms with Crippen LogP contribution in [-0.2, 0) is 10.7 Å². The van der Waals surface area contributed by atoms with Crippen LogP contribution >= 0.6 is 27.5 Å². The lowest BCUT2D eigenvalue weighted by atomic mass is 10.3. The topological polar surface area (TPSA) is 30.2 Å². The van der Waals surface area contributed by atoms with E-state index in [9.17, 15) is 8.78 Å². The minimum absolute atomic E-state index is 0.343. The average molecular weight is 297 g/mol. The quantitative estimate of drug-likeness (QED) is 0.798. The molecule has 7 heteroatoms. The summed E-state index contributed by atoms with van der Waals surface area (Å²) < 4.78 is 27.0. The molecule has 0 aliphatic heterocycles. The van der Waals surface area contributed by atoms with E-state index in [1.54, 1.807) is 12.1 Å². The number of aromatic nitrogens is 3. The Hall–Kier alpha value is -0.750. The van der Waals surface area contributed by atoms with Crippen molar-refractivity contribution in [3.05, 3.63) is 29.7 Å². The molecule has 0 N–H and O–H groups in total. The Labute approximate surface area is 97.2 Å². The lowest BCUT2D eigenvalue weighted by molar-refractivity contribution is 0.0832. The minimum atomic E-state index is -3.51. The molecule has 0 amide bonds. The predicted octanol–water partition coefficient (Wildman–Crippen LogP) is 2.91. The molecule has 2 aromatic rings. The largest absolute Gasteiger partial charge is 0.382 e. The predicted molar refractivity (Wildman–Crippen MR) is 55.4 cm³/mol. The van der Waals surface area contributed by atoms with E-state index in [-0.39, 0.29) is 0 Å². The molecule has 0 unspecified atom stereocenters. The summed E-state index contributed by atoms with van der Waals surface area (Å²) in [6.45, 7) is 0. The van der Waals surface area contributed by atoms with Crippen molar-refractivity contribution in [2.24, 2.45) is 0 Å². The number of alkyl halides is 4. The van der Waals surface area contributed by atoms with E-state index >= 15 is 0 Å². The lowest BCUT2D eigenvalue weighted by Gasteiger charge is -2.05. The molecule has 80 valence electrons. The van der Waals surface area contributed by atoms with Gasteiger partial charge in [-0.15, -0.1) is 10.2 Å². The van der Waals surface area contributed by atoms with Crippen molar-refractivity contribution in [1.29, 1.82) is 0 Å². The first-order valence-electron chi connectivity index (χ1n) is 3.99. The highest BCUT2D eigenvalue weighted by molar-refractivity contribution is 9.08. The number of rotatable bonds is 2. The van der Waals surface area contributed by atoms with Crippen LogP contribution in [0.25, 0.3) is 5.65 Å². The molecule has 0 aliphatic carbocycles. The van der Waals surface area contributed by atoms with E-state index in [1.165, 1.54) is 10.6 Å². The van der Waals surface area contributed by atoms with Gasteiger partial charge in [-0.25, -0.2) is 0 Å². The van der Waals surface area contributed by atoms with Gasteiger partial charge in [0.25, 0.3) is 0 Å². The molecule has 2 rings (SSSR count). The number of nitrogens with zero attached hydrogens (tertiary/aromatic N) is 3. The maximum Gasteiger partial charge on any atom is 0.382 e. The minimum Gasteiger partial charge on any atom is -0.280 e. The van der Waals surface area contributed by atoms with Crippen molar-refractivity contribution in [3.63, 3.8) is 0 Å². The van der Waals surface area contributed by atoms with Crippen LogP contribution < -0.4 is 0 Å². The molecule has 0 radical (unpaired) electrons. The molecule has 0 fully saturated rings. The zero-order valence-corrected chi connectivity index (χ0v) is 9.63. The molecule has 2 aromatic heterocycles. The second-order valence-corrected chi connectivity index (χ2v) is 3.96. The van der Waals surface area contributed by atoms with Gasteiger partial charge >= 0.3 is 5.38 Å². The zero-order valence-electron chi connectivity index (χ0n) is 7.29. The Balaban J connectivity index is 2.67. The number of hydrogen-bond acceptors (Lipinski definition) is 2. The SMILES string of the molecule is FC(F)(Cl)c1nnc2ccc(CBr)cn12. The van der Waals surface area contributed by atoms with Gasteiger partial charge in [0.15, 0.2) is 5.65 Å². The molecule has 0 spiro atoms. The molecule has 3 nitrogen and oxygen atoms in total. The van der Waals surface area contributed by atoms with Crippen molar-refractivity contribution in [2.75, 3.05) is 0 Å². The second-order valence-electron chi connectivity index (χ2n) is 2.92. The van der Waals surface area contributed by atoms with Gasteiger partial charge in [0, 0.05) is 11.5 Å². The molecular weight excluding hydrogens is 291 g/mol. The summed E-state index contributed by atoms with van der Waals surface area (Å²) in [7, 11) is 0. The Bertz CT molecular complexity index is 494. The van der Waals surface area contributed by atoms with Crippen LogP contribution in [0.4, 0.5) is 8.78 Å². The Kier molecular flexibility index (Phi) is 2.64. The van der Waals surface area contributed by atoms with E-state index in [2.05, 4.69) is 26.1 Å². The first-order chi connectivity index (χ1) is 7.02. The molecule has 0 atom stereocenters. The van der Waals surface area contributed by atoms with Crippen LogP contribution in [0.1, 0.15) is 11.4 Å². The Morgan fingerprint density at radius 2 is 2.13 bits per heavy atom. The normalized spacial score (nSPS) is 12.3. The van der Waals surface area contributed by atoms with Gasteiger partial charge in [0.05, 0.1) is 0 Å². The van der Waals surface area contributed by atoms with Crippen molar-refractivity contribution < 1.29 is 8.78 Å². The fourth-order valence-corrected chi connectivity index (χ4v) is 1.67. The third kappa shape index (κ3) is 1.96. The number of pyridine rings is 1. The summed E-state index contributed by atoms with van der Waals surface area (Å²) in [6, 6.07) is 3.38. The fraction of sp³-hybridized carbons (Fsp3) is 0.250. The summed E-state index contributed by atoms with van der Waals surface area (Å²) in [6.07, 6.45) is 1.52. The van der Waals surface area contributed by atoms with Crippen molar-refractivity contribution in [1.82, 2.24) is 14.6 Å². The Morgan fingerprint density at radius 3 is 2.73 bits per heavy atom. The first kappa shape index (κ1) is 10.8. The standard InChI is InChI=1S/C8H5BrClF2N3/c9-3-5-1-2-6-13-14-7(8(10,11)12)15(6)4-5/h1-2,4H,3H2. The monoisotopic (exact) mass is 295 g/mol. The van der Waals surface area contributed by atoms with E-state index in [0.717, 1.165) is 5.56 Å². The summed E-state index contributed by atoms with van der Waals surface area (Å²) in [5.74, 6) is -0.568. The number of halogens is 4. The van der Waals surface area contributed by atoms with Crippen LogP contribution in [-0.4, -0.2) is 14.6 Å². The van der Waals surface area contributed by atoms with Crippen LogP contribution in [0.3, 0.4) is 0 Å².